The lowest BCUT2D eigenvalue weighted by Crippen LogP contribution is -3.00. The number of amides is 2. The van der Waals surface area contributed by atoms with E-state index in [1.54, 1.807) is 23.6 Å². The van der Waals surface area contributed by atoms with Gasteiger partial charge in [0.25, 0.3) is 5.70 Å². The number of imidazole rings is 1. The molecule has 1 saturated heterocycles. The van der Waals surface area contributed by atoms with Crippen molar-refractivity contribution in [1.29, 1.82) is 0 Å². The van der Waals surface area contributed by atoms with Crippen LogP contribution in [0.1, 0.15) is 36.6 Å². The molecular weight excluding hydrogens is 511 g/mol. The van der Waals surface area contributed by atoms with Gasteiger partial charge in [0, 0.05) is 31.3 Å². The molecule has 3 atom stereocenters. The summed E-state index contributed by atoms with van der Waals surface area (Å²) in [4.78, 5) is 39.3. The Balaban J connectivity index is 0.00000204. The van der Waals surface area contributed by atoms with Crippen LogP contribution in [0.2, 0.25) is 0 Å². The second-order valence-corrected chi connectivity index (χ2v) is 8.06. The number of nitrogens with one attached hydrogen (secondary N) is 2. The Bertz CT molecular complexity index is 1030. The number of aliphatic imine (C=N–C) groups is 1. The van der Waals surface area contributed by atoms with Gasteiger partial charge in [-0.15, -0.1) is 24.8 Å². The molecule has 1 fully saturated rings. The lowest BCUT2D eigenvalue weighted by atomic mass is 10.0. The number of carbonyl (C=O) groups excluding carboxylic acids is 2. The van der Waals surface area contributed by atoms with E-state index in [9.17, 15) is 9.59 Å². The Morgan fingerprint density at radius 2 is 1.97 bits per heavy atom. The highest BCUT2D eigenvalue weighted by Crippen LogP contribution is 2.24. The van der Waals surface area contributed by atoms with E-state index in [4.69, 9.17) is 5.73 Å². The van der Waals surface area contributed by atoms with Crippen LogP contribution in [0.3, 0.4) is 0 Å². The van der Waals surface area contributed by atoms with Crippen molar-refractivity contribution in [2.75, 3.05) is 6.54 Å². The molecule has 1 radical (unpaired) electrons. The second-order valence-electron chi connectivity index (χ2n) is 8.06. The standard InChI is InChI=1S/C24H28N6O2.3ClH/c25-20(13-19-15-26-16-28-19)24(32)30-12-6-10-22(30)23(31)29-21(17-7-2-1-3-8-17)14-18-9-4-5-11-27-18;;;/h1-5,7-9,11,15-16,20-22H,6,10,12-14,25H2,(H,26,28)(H,29,31);3*1H/q+1;;;/p-1. The highest BCUT2D eigenvalue weighted by atomic mass is 35.5. The molecule has 3 unspecified atom stereocenters. The Kier molecular flexibility index (Phi) is 12.7. The van der Waals surface area contributed by atoms with E-state index in [0.717, 1.165) is 23.4 Å². The molecule has 0 spiro atoms. The number of aromatic nitrogens is 2. The number of hydrogen-bond donors (Lipinski definition) is 3. The Morgan fingerprint density at radius 3 is 2.63 bits per heavy atom. The van der Waals surface area contributed by atoms with Gasteiger partial charge >= 0.3 is 0 Å². The fourth-order valence-electron chi connectivity index (χ4n) is 4.16. The minimum absolute atomic E-state index is 0. The molecule has 0 bridgehead atoms. The fraction of sp³-hybridized carbons (Fsp3) is 0.333. The first-order chi connectivity index (χ1) is 15.6. The predicted molar refractivity (Wildman–Crippen MR) is 137 cm³/mol. The quantitative estimate of drug-likeness (QED) is 0.407. The molecule has 11 heteroatoms. The third-order valence-corrected chi connectivity index (χ3v) is 5.80. The largest absolute Gasteiger partial charge is 1.00 e. The molecule has 3 heterocycles. The van der Waals surface area contributed by atoms with E-state index in [1.807, 2.05) is 48.6 Å². The summed E-state index contributed by atoms with van der Waals surface area (Å²) in [6.07, 6.45) is 13.1. The number of rotatable bonds is 8. The van der Waals surface area contributed by atoms with E-state index in [1.165, 1.54) is 0 Å². The average Bonchev–Trinajstić information content (AvgIpc) is 3.51. The summed E-state index contributed by atoms with van der Waals surface area (Å²) in [5.74, 6) is -0.376. The smallest absolute Gasteiger partial charge is 0.256 e. The van der Waals surface area contributed by atoms with Crippen LogP contribution >= 0.6 is 24.8 Å². The highest BCUT2D eigenvalue weighted by Gasteiger charge is 2.37. The maximum atomic E-state index is 13.3. The van der Waals surface area contributed by atoms with Gasteiger partial charge in [-0.25, -0.2) is 4.98 Å². The number of nitrogens with zero attached hydrogens (tertiary/aromatic N) is 3. The topological polar surface area (TPSA) is 118 Å². The van der Waals surface area contributed by atoms with Gasteiger partial charge in [-0.1, -0.05) is 30.3 Å². The summed E-state index contributed by atoms with van der Waals surface area (Å²) in [5.41, 5.74) is 8.78. The molecule has 0 saturated carbocycles. The van der Waals surface area contributed by atoms with Gasteiger partial charge in [-0.2, -0.15) is 0 Å². The fourth-order valence-corrected chi connectivity index (χ4v) is 4.16. The zero-order valence-electron chi connectivity index (χ0n) is 19.0. The van der Waals surface area contributed by atoms with Gasteiger partial charge in [0.2, 0.25) is 18.0 Å². The van der Waals surface area contributed by atoms with Gasteiger partial charge in [0.1, 0.15) is 6.04 Å². The summed E-state index contributed by atoms with van der Waals surface area (Å²) < 4.78 is 0. The molecule has 8 nitrogen and oxygen atoms in total. The van der Waals surface area contributed by atoms with Gasteiger partial charge in [0.05, 0.1) is 35.5 Å². The number of likely N-dealkylation sites (tertiary alicyclic amines) is 1. The summed E-state index contributed by atoms with van der Waals surface area (Å²) in [7, 11) is 0. The van der Waals surface area contributed by atoms with E-state index in [2.05, 4.69) is 20.3 Å². The minimum atomic E-state index is -0.731. The molecule has 2 aromatic rings. The van der Waals surface area contributed by atoms with Crippen molar-refractivity contribution in [2.24, 2.45) is 5.73 Å². The van der Waals surface area contributed by atoms with E-state index in [0.29, 0.717) is 25.8 Å². The number of aromatic amines is 1. The number of hydrogen-bond acceptors (Lipinski definition) is 5. The summed E-state index contributed by atoms with van der Waals surface area (Å²) in [6.45, 7) is 0.529. The number of benzene rings is 1. The molecule has 4 N–H and O–H groups in total. The van der Waals surface area contributed by atoms with Gasteiger partial charge < -0.3 is 33.3 Å². The van der Waals surface area contributed by atoms with Crippen LogP contribution in [0.25, 0.3) is 0 Å². The van der Waals surface area contributed by atoms with Gasteiger partial charge in [-0.3, -0.25) is 9.59 Å². The lowest BCUT2D eigenvalue weighted by molar-refractivity contribution is -0.139. The molecular formula is C24H30Cl3N6O2. The van der Waals surface area contributed by atoms with Crippen LogP contribution < -0.4 is 28.4 Å². The summed E-state index contributed by atoms with van der Waals surface area (Å²) in [6, 6.07) is 8.33. The van der Waals surface area contributed by atoms with Crippen LogP contribution in [0.5, 0.6) is 0 Å². The molecule has 4 rings (SSSR count). The first-order valence-corrected chi connectivity index (χ1v) is 10.9. The van der Waals surface area contributed by atoms with Crippen molar-refractivity contribution >= 4 is 42.8 Å². The first-order valence-electron chi connectivity index (χ1n) is 10.9. The van der Waals surface area contributed by atoms with Gasteiger partial charge in [0.15, 0.2) is 0 Å². The SMILES string of the molecule is Cl.Cl.NC(Cc1c[nH]cn1)C(=O)N1CCCC1C(=O)NC(CC1=CC=CC=[N+]1)c1ccccc1.[Cl-]. The maximum Gasteiger partial charge on any atom is 0.256 e. The molecule has 2 aliphatic heterocycles. The van der Waals surface area contributed by atoms with Crippen molar-refractivity contribution in [3.63, 3.8) is 0 Å². The third-order valence-electron chi connectivity index (χ3n) is 5.80. The molecule has 189 valence electrons. The number of H-pyrrole nitrogens is 1. The van der Waals surface area contributed by atoms with Crippen molar-refractivity contribution in [3.8, 4) is 0 Å². The third kappa shape index (κ3) is 7.93. The number of carbonyl (C=O) groups is 2. The Labute approximate surface area is 223 Å². The number of allylic oxidation sites excluding steroid dienone is 3. The van der Waals surface area contributed by atoms with Gasteiger partial charge in [-0.05, 0) is 24.5 Å². The molecule has 0 aliphatic carbocycles. The van der Waals surface area contributed by atoms with E-state index in [-0.39, 0.29) is 55.1 Å². The summed E-state index contributed by atoms with van der Waals surface area (Å²) >= 11 is 0. The van der Waals surface area contributed by atoms with Crippen molar-refractivity contribution < 1.29 is 22.0 Å². The van der Waals surface area contributed by atoms with Crippen LogP contribution in [0.4, 0.5) is 0 Å². The van der Waals surface area contributed by atoms with Crippen LogP contribution in [-0.2, 0) is 16.0 Å². The normalized spacial score (nSPS) is 17.8. The first kappa shape index (κ1) is 30.4. The van der Waals surface area contributed by atoms with Crippen LogP contribution in [0.15, 0.2) is 66.8 Å². The molecule has 2 amide bonds. The second kappa shape index (κ2) is 14.7. The summed E-state index contributed by atoms with van der Waals surface area (Å²) in [5, 5.41) is 3.16. The Hall–Kier alpha value is -2.65. The number of nitrogens with two attached hydrogens (primary N) is 1. The van der Waals surface area contributed by atoms with E-state index < -0.39 is 12.1 Å². The molecule has 35 heavy (non-hydrogen) atoms. The highest BCUT2D eigenvalue weighted by molar-refractivity contribution is 5.90. The lowest BCUT2D eigenvalue weighted by Gasteiger charge is -2.28. The van der Waals surface area contributed by atoms with Crippen molar-refractivity contribution in [3.05, 3.63) is 78.0 Å². The maximum absolute atomic E-state index is 13.3. The minimum Gasteiger partial charge on any atom is -1.00 e. The molecule has 2 aliphatic rings. The van der Waals surface area contributed by atoms with Crippen LogP contribution in [-0.4, -0.2) is 51.5 Å². The van der Waals surface area contributed by atoms with E-state index >= 15 is 0 Å². The molecule has 1 aromatic carbocycles. The zero-order chi connectivity index (χ0) is 22.3. The van der Waals surface area contributed by atoms with Crippen LogP contribution in [0, 0.1) is 0 Å². The van der Waals surface area contributed by atoms with Crippen molar-refractivity contribution in [1.82, 2.24) is 25.2 Å². The molecule has 1 aromatic heterocycles. The zero-order valence-corrected chi connectivity index (χ0v) is 21.4. The monoisotopic (exact) mass is 539 g/mol. The average molecular weight is 541 g/mol. The van der Waals surface area contributed by atoms with Crippen molar-refractivity contribution in [2.45, 2.75) is 43.8 Å². The number of halogens is 3. The Morgan fingerprint density at radius 1 is 1.20 bits per heavy atom. The predicted octanol–water partition coefficient (Wildman–Crippen LogP) is -0.774.